The summed E-state index contributed by atoms with van der Waals surface area (Å²) in [4.78, 5) is 18.7. The van der Waals surface area contributed by atoms with Crippen LogP contribution in [0.2, 0.25) is 0 Å². The first-order valence-electron chi connectivity index (χ1n) is 14.2. The largest absolute Gasteiger partial charge is 0.455 e. The average Bonchev–Trinajstić information content (AvgIpc) is 3.59. The lowest BCUT2D eigenvalue weighted by Gasteiger charge is -2.13. The first-order valence-corrected chi connectivity index (χ1v) is 14.2. The fourth-order valence-corrected chi connectivity index (χ4v) is 5.59. The molecule has 8 rings (SSSR count). The summed E-state index contributed by atoms with van der Waals surface area (Å²) in [5.74, 6) is 1.15. The molecule has 8 aromatic rings. The molecule has 6 heterocycles. The zero-order valence-electron chi connectivity index (χ0n) is 23.8. The molecule has 0 fully saturated rings. The molecule has 7 heteroatoms. The van der Waals surface area contributed by atoms with Crippen LogP contribution in [0.5, 0.6) is 11.8 Å². The third kappa shape index (κ3) is 4.28. The summed E-state index contributed by atoms with van der Waals surface area (Å²) in [5, 5.41) is 3.95. The highest BCUT2D eigenvalue weighted by molar-refractivity contribution is 6.09. The van der Waals surface area contributed by atoms with E-state index in [1.54, 1.807) is 6.20 Å². The molecule has 0 spiro atoms. The van der Waals surface area contributed by atoms with E-state index in [1.165, 1.54) is 0 Å². The van der Waals surface area contributed by atoms with Crippen molar-refractivity contribution in [2.24, 2.45) is 0 Å². The number of aryl methyl sites for hydroxylation is 1. The van der Waals surface area contributed by atoms with Gasteiger partial charge in [0.1, 0.15) is 16.7 Å². The first-order chi connectivity index (χ1) is 21.0. The molecule has 0 aliphatic heterocycles. The normalized spacial score (nSPS) is 11.8. The molecule has 0 amide bonds. The van der Waals surface area contributed by atoms with E-state index in [1.807, 2.05) is 92.0 Å². The molecule has 6 aromatic heterocycles. The number of pyridine rings is 4. The molecule has 0 saturated carbocycles. The van der Waals surface area contributed by atoms with E-state index in [-0.39, 0.29) is 5.92 Å². The molecule has 0 atom stereocenters. The molecule has 0 saturated heterocycles. The molecule has 0 unspecified atom stereocenters. The van der Waals surface area contributed by atoms with Crippen molar-refractivity contribution in [1.29, 1.82) is 0 Å². The second kappa shape index (κ2) is 9.77. The molecule has 43 heavy (non-hydrogen) atoms. The van der Waals surface area contributed by atoms with Crippen LogP contribution in [0, 0.1) is 6.92 Å². The molecule has 0 N–H and O–H groups in total. The number of para-hydroxylation sites is 2. The van der Waals surface area contributed by atoms with Gasteiger partial charge in [-0.05, 0) is 60.9 Å². The van der Waals surface area contributed by atoms with Crippen molar-refractivity contribution in [2.45, 2.75) is 26.7 Å². The van der Waals surface area contributed by atoms with Gasteiger partial charge in [-0.1, -0.05) is 44.2 Å². The van der Waals surface area contributed by atoms with E-state index in [9.17, 15) is 0 Å². The van der Waals surface area contributed by atoms with Crippen molar-refractivity contribution < 1.29 is 13.6 Å². The summed E-state index contributed by atoms with van der Waals surface area (Å²) >= 11 is 0. The zero-order valence-corrected chi connectivity index (χ0v) is 23.8. The Morgan fingerprint density at radius 2 is 1.40 bits per heavy atom. The van der Waals surface area contributed by atoms with E-state index in [2.05, 4.69) is 29.9 Å². The van der Waals surface area contributed by atoms with Gasteiger partial charge in [-0.15, -0.1) is 0 Å². The maximum atomic E-state index is 6.35. The fourth-order valence-electron chi connectivity index (χ4n) is 5.59. The molecular formula is C36H26N4O3. The Morgan fingerprint density at radius 3 is 2.23 bits per heavy atom. The van der Waals surface area contributed by atoms with Crippen molar-refractivity contribution in [3.63, 3.8) is 0 Å². The van der Waals surface area contributed by atoms with Gasteiger partial charge in [0.2, 0.25) is 17.5 Å². The maximum Gasteiger partial charge on any atom is 0.227 e. The summed E-state index contributed by atoms with van der Waals surface area (Å²) in [7, 11) is 0. The van der Waals surface area contributed by atoms with Crippen LogP contribution < -0.4 is 4.74 Å². The van der Waals surface area contributed by atoms with E-state index in [0.717, 1.165) is 72.1 Å². The predicted molar refractivity (Wildman–Crippen MR) is 168 cm³/mol. The van der Waals surface area contributed by atoms with Crippen LogP contribution in [-0.4, -0.2) is 19.9 Å². The number of ether oxygens (including phenoxy) is 1. The Hall–Kier alpha value is -5.56. The summed E-state index contributed by atoms with van der Waals surface area (Å²) in [5.41, 5.74) is 8.20. The number of rotatable bonds is 5. The van der Waals surface area contributed by atoms with E-state index >= 15 is 0 Å². The molecule has 2 aromatic carbocycles. The SMILES string of the molecule is Cc1ccc2c(n1)oc1c(-c3cccc(Oc4cc(C(C)C)cc(-c5cccc6c5oc5ccncc56)n4)n3)cccc12. The van der Waals surface area contributed by atoms with E-state index in [0.29, 0.717) is 17.5 Å². The van der Waals surface area contributed by atoms with Crippen LogP contribution in [0.3, 0.4) is 0 Å². The number of furan rings is 2. The van der Waals surface area contributed by atoms with Crippen molar-refractivity contribution in [3.8, 4) is 34.3 Å². The molecular weight excluding hydrogens is 536 g/mol. The van der Waals surface area contributed by atoms with Gasteiger partial charge in [0.25, 0.3) is 0 Å². The van der Waals surface area contributed by atoms with Gasteiger partial charge < -0.3 is 13.6 Å². The van der Waals surface area contributed by atoms with Crippen molar-refractivity contribution in [1.82, 2.24) is 19.9 Å². The summed E-state index contributed by atoms with van der Waals surface area (Å²) in [6, 6.07) is 27.9. The lowest BCUT2D eigenvalue weighted by molar-refractivity contribution is 0.445. The Bertz CT molecular complexity index is 2330. The minimum absolute atomic E-state index is 0.255. The summed E-state index contributed by atoms with van der Waals surface area (Å²) in [6.07, 6.45) is 3.57. The molecule has 7 nitrogen and oxygen atoms in total. The minimum Gasteiger partial charge on any atom is -0.455 e. The maximum absolute atomic E-state index is 6.35. The highest BCUT2D eigenvalue weighted by Crippen LogP contribution is 2.38. The number of hydrogen-bond donors (Lipinski definition) is 0. The highest BCUT2D eigenvalue weighted by atomic mass is 16.5. The van der Waals surface area contributed by atoms with Crippen LogP contribution in [-0.2, 0) is 0 Å². The number of fused-ring (bicyclic) bond motifs is 6. The topological polar surface area (TPSA) is 87.1 Å². The Kier molecular flexibility index (Phi) is 5.72. The van der Waals surface area contributed by atoms with Gasteiger partial charge in [0.05, 0.1) is 11.4 Å². The molecule has 208 valence electrons. The highest BCUT2D eigenvalue weighted by Gasteiger charge is 2.18. The number of aromatic nitrogens is 4. The van der Waals surface area contributed by atoms with Crippen LogP contribution in [0.15, 0.2) is 106 Å². The van der Waals surface area contributed by atoms with Gasteiger partial charge >= 0.3 is 0 Å². The monoisotopic (exact) mass is 562 g/mol. The van der Waals surface area contributed by atoms with Gasteiger partial charge in [-0.25, -0.2) is 15.0 Å². The van der Waals surface area contributed by atoms with Gasteiger partial charge in [-0.3, -0.25) is 4.98 Å². The zero-order chi connectivity index (χ0) is 29.1. The Labute approximate surface area is 246 Å². The van der Waals surface area contributed by atoms with Crippen LogP contribution in [0.4, 0.5) is 0 Å². The Balaban J connectivity index is 1.21. The van der Waals surface area contributed by atoms with E-state index < -0.39 is 0 Å². The second-order valence-corrected chi connectivity index (χ2v) is 11.0. The molecule has 0 aliphatic carbocycles. The molecule has 0 bridgehead atoms. The van der Waals surface area contributed by atoms with Crippen molar-refractivity contribution >= 4 is 44.0 Å². The van der Waals surface area contributed by atoms with E-state index in [4.69, 9.17) is 23.5 Å². The standard InChI is InChI=1S/C36H26N4O3/c1-20(2)22-17-30(27-10-5-8-24-28-19-37-16-15-31(28)41-34(24)27)40-33(18-22)42-32-12-6-11-29(39-32)26-9-4-7-23-25-14-13-21(3)38-36(25)43-35(23)26/h4-20H,1-3H3. The second-order valence-electron chi connectivity index (χ2n) is 11.0. The minimum atomic E-state index is 0.255. The number of benzene rings is 2. The summed E-state index contributed by atoms with van der Waals surface area (Å²) in [6.45, 7) is 6.26. The van der Waals surface area contributed by atoms with Crippen LogP contribution >= 0.6 is 0 Å². The smallest absolute Gasteiger partial charge is 0.227 e. The van der Waals surface area contributed by atoms with Crippen molar-refractivity contribution in [3.05, 3.63) is 109 Å². The summed E-state index contributed by atoms with van der Waals surface area (Å²) < 4.78 is 18.8. The lowest BCUT2D eigenvalue weighted by Crippen LogP contribution is -1.97. The fraction of sp³-hybridized carbons (Fsp3) is 0.111. The third-order valence-corrected chi connectivity index (χ3v) is 7.78. The lowest BCUT2D eigenvalue weighted by atomic mass is 10.0. The predicted octanol–water partition coefficient (Wildman–Crippen LogP) is 9.62. The Morgan fingerprint density at radius 1 is 0.651 bits per heavy atom. The van der Waals surface area contributed by atoms with Gasteiger partial charge in [-0.2, -0.15) is 0 Å². The first kappa shape index (κ1) is 25.2. The van der Waals surface area contributed by atoms with Gasteiger partial charge in [0.15, 0.2) is 0 Å². The number of nitrogens with zero attached hydrogens (tertiary/aromatic N) is 4. The van der Waals surface area contributed by atoms with Crippen LogP contribution in [0.1, 0.15) is 31.0 Å². The quantitative estimate of drug-likeness (QED) is 0.206. The average molecular weight is 563 g/mol. The molecule has 0 aliphatic rings. The third-order valence-electron chi connectivity index (χ3n) is 7.78. The van der Waals surface area contributed by atoms with Gasteiger partial charge in [0, 0.05) is 62.9 Å². The number of hydrogen-bond acceptors (Lipinski definition) is 7. The molecule has 0 radical (unpaired) electrons. The van der Waals surface area contributed by atoms with Crippen LogP contribution in [0.25, 0.3) is 66.5 Å². The van der Waals surface area contributed by atoms with Crippen molar-refractivity contribution in [2.75, 3.05) is 0 Å².